The first-order chi connectivity index (χ1) is 8.38. The lowest BCUT2D eigenvalue weighted by atomic mass is 10.2. The van der Waals surface area contributed by atoms with Crippen molar-refractivity contribution in [1.82, 2.24) is 14.9 Å². The quantitative estimate of drug-likeness (QED) is 0.864. The lowest BCUT2D eigenvalue weighted by molar-refractivity contribution is 0.861. The van der Waals surface area contributed by atoms with Crippen molar-refractivity contribution in [2.45, 2.75) is 18.5 Å². The zero-order chi connectivity index (χ0) is 11.7. The van der Waals surface area contributed by atoms with Crippen molar-refractivity contribution in [3.63, 3.8) is 0 Å². The van der Waals surface area contributed by atoms with Crippen molar-refractivity contribution < 1.29 is 0 Å². The predicted molar refractivity (Wildman–Crippen MR) is 72.8 cm³/mol. The monoisotopic (exact) mass is 264 g/mol. The van der Waals surface area contributed by atoms with Crippen molar-refractivity contribution in [3.8, 4) is 11.4 Å². The highest BCUT2D eigenvalue weighted by atomic mass is 32.7. The minimum absolute atomic E-state index is 0.214. The van der Waals surface area contributed by atoms with Gasteiger partial charge in [0.25, 0.3) is 0 Å². The minimum atomic E-state index is -0.214. The third kappa shape index (κ3) is 2.05. The summed E-state index contributed by atoms with van der Waals surface area (Å²) in [5.41, 5.74) is 1.10. The highest BCUT2D eigenvalue weighted by Crippen LogP contribution is 2.56. The molecule has 0 aliphatic carbocycles. The Morgan fingerprint density at radius 1 is 1.29 bits per heavy atom. The molecule has 17 heavy (non-hydrogen) atoms. The van der Waals surface area contributed by atoms with E-state index in [0.717, 1.165) is 16.5 Å². The van der Waals surface area contributed by atoms with Gasteiger partial charge in [-0.15, -0.1) is 10.2 Å². The highest BCUT2D eigenvalue weighted by Gasteiger charge is 2.26. The Labute approximate surface area is 105 Å². The Morgan fingerprint density at radius 2 is 2.12 bits per heavy atom. The Bertz CT molecular complexity index is 513. The molecule has 2 aromatic rings. The van der Waals surface area contributed by atoms with Crippen molar-refractivity contribution in [1.29, 1.82) is 0 Å². The lowest BCUT2D eigenvalue weighted by Crippen LogP contribution is -2.06. The molecule has 1 aromatic heterocycles. The molecule has 0 spiro atoms. The van der Waals surface area contributed by atoms with Crippen LogP contribution in [-0.2, 0) is 0 Å². The minimum Gasteiger partial charge on any atom is -0.290 e. The van der Waals surface area contributed by atoms with Crippen LogP contribution in [0.25, 0.3) is 11.4 Å². The number of nitrogens with one attached hydrogen (secondary N) is 1. The molecule has 0 saturated heterocycles. The molecule has 88 valence electrons. The van der Waals surface area contributed by atoms with Crippen LogP contribution in [0.1, 0.15) is 13.3 Å². The summed E-state index contributed by atoms with van der Waals surface area (Å²) in [6.07, 6.45) is 2.40. The Morgan fingerprint density at radius 3 is 2.88 bits per heavy atom. The van der Waals surface area contributed by atoms with Crippen LogP contribution in [0.2, 0.25) is 0 Å². The molecular formula is C11H13N4PS. The second-order valence-corrected chi connectivity index (χ2v) is 7.62. The van der Waals surface area contributed by atoms with Crippen LogP contribution < -0.4 is 5.20 Å². The summed E-state index contributed by atoms with van der Waals surface area (Å²) >= 11 is 1.82. The zero-order valence-electron chi connectivity index (χ0n) is 9.50. The molecule has 0 fully saturated rings. The SMILES string of the molecule is CCCP1Nn2c(nnc2-c2ccccc2)S1. The molecule has 0 amide bonds. The standard InChI is InChI=1S/C11H13N4PS/c1-2-8-16-14-15-10(12-13-11(15)17-16)9-6-4-3-5-7-9/h3-7,14H,2,8H2,1H3. The first kappa shape index (κ1) is 11.1. The third-order valence-corrected chi connectivity index (χ3v) is 6.36. The maximum atomic E-state index is 4.24. The van der Waals surface area contributed by atoms with Crippen LogP contribution in [0.15, 0.2) is 35.5 Å². The van der Waals surface area contributed by atoms with Gasteiger partial charge >= 0.3 is 0 Å². The molecule has 2 heterocycles. The molecule has 4 nitrogen and oxygen atoms in total. The molecule has 1 aliphatic heterocycles. The second-order valence-electron chi connectivity index (χ2n) is 3.80. The fraction of sp³-hybridized carbons (Fsp3) is 0.273. The topological polar surface area (TPSA) is 42.7 Å². The van der Waals surface area contributed by atoms with Crippen LogP contribution in [0.5, 0.6) is 0 Å². The number of rotatable bonds is 3. The number of hydrogen-bond acceptors (Lipinski definition) is 4. The lowest BCUT2D eigenvalue weighted by Gasteiger charge is -2.09. The molecule has 1 aromatic carbocycles. The van der Waals surface area contributed by atoms with E-state index in [-0.39, 0.29) is 7.27 Å². The first-order valence-electron chi connectivity index (χ1n) is 5.61. The molecule has 1 unspecified atom stereocenters. The number of fused-ring (bicyclic) bond motifs is 1. The van der Waals surface area contributed by atoms with E-state index in [1.807, 2.05) is 34.3 Å². The summed E-state index contributed by atoms with van der Waals surface area (Å²) in [6, 6.07) is 10.2. The van der Waals surface area contributed by atoms with Crippen molar-refractivity contribution in [2.24, 2.45) is 0 Å². The Hall–Kier alpha value is -1.06. The van der Waals surface area contributed by atoms with Gasteiger partial charge in [0.1, 0.15) is 0 Å². The van der Waals surface area contributed by atoms with E-state index >= 15 is 0 Å². The summed E-state index contributed by atoms with van der Waals surface area (Å²) in [4.78, 5) is 0. The zero-order valence-corrected chi connectivity index (χ0v) is 11.2. The van der Waals surface area contributed by atoms with Crippen LogP contribution in [0, 0.1) is 0 Å². The van der Waals surface area contributed by atoms with Gasteiger partial charge in [0.05, 0.1) is 7.27 Å². The molecule has 1 N–H and O–H groups in total. The van der Waals surface area contributed by atoms with Gasteiger partial charge in [-0.2, -0.15) is 0 Å². The average Bonchev–Trinajstić information content (AvgIpc) is 2.90. The van der Waals surface area contributed by atoms with Crippen LogP contribution in [0.4, 0.5) is 0 Å². The molecule has 3 rings (SSSR count). The average molecular weight is 264 g/mol. The maximum absolute atomic E-state index is 4.24. The van der Waals surface area contributed by atoms with Gasteiger partial charge in [0.2, 0.25) is 5.16 Å². The number of nitrogens with zero attached hydrogens (tertiary/aromatic N) is 3. The molecule has 1 aliphatic rings. The predicted octanol–water partition coefficient (Wildman–Crippen LogP) is 3.32. The number of aromatic nitrogens is 3. The summed E-state index contributed by atoms with van der Waals surface area (Å²) in [5.74, 6) is 0.911. The fourth-order valence-corrected chi connectivity index (χ4v) is 5.46. The van der Waals surface area contributed by atoms with Gasteiger partial charge in [-0.1, -0.05) is 37.3 Å². The number of hydrogen-bond donors (Lipinski definition) is 1. The molecule has 0 bridgehead atoms. The molecular weight excluding hydrogens is 251 g/mol. The summed E-state index contributed by atoms with van der Waals surface area (Å²) in [6.45, 7) is 2.21. The van der Waals surface area contributed by atoms with Gasteiger partial charge in [0, 0.05) is 5.56 Å². The van der Waals surface area contributed by atoms with Gasteiger partial charge in [-0.25, -0.2) is 4.68 Å². The fourth-order valence-electron chi connectivity index (χ4n) is 1.72. The van der Waals surface area contributed by atoms with Gasteiger partial charge in [-0.05, 0) is 24.0 Å². The third-order valence-electron chi connectivity index (χ3n) is 2.50. The Kier molecular flexibility index (Phi) is 3.04. The smallest absolute Gasteiger partial charge is 0.216 e. The van der Waals surface area contributed by atoms with E-state index in [9.17, 15) is 0 Å². The van der Waals surface area contributed by atoms with E-state index in [2.05, 4.69) is 34.5 Å². The van der Waals surface area contributed by atoms with E-state index in [0.29, 0.717) is 0 Å². The van der Waals surface area contributed by atoms with Crippen LogP contribution in [0.3, 0.4) is 0 Å². The van der Waals surface area contributed by atoms with Crippen LogP contribution in [-0.4, -0.2) is 21.0 Å². The number of benzene rings is 1. The van der Waals surface area contributed by atoms with E-state index in [4.69, 9.17) is 0 Å². The maximum Gasteiger partial charge on any atom is 0.216 e. The molecule has 0 radical (unpaired) electrons. The summed E-state index contributed by atoms with van der Waals surface area (Å²) in [5, 5.41) is 13.0. The van der Waals surface area contributed by atoms with Gasteiger partial charge < -0.3 is 0 Å². The second kappa shape index (κ2) is 4.67. The first-order valence-corrected chi connectivity index (χ1v) is 8.56. The van der Waals surface area contributed by atoms with Crippen LogP contribution >= 0.6 is 18.7 Å². The van der Waals surface area contributed by atoms with E-state index in [1.54, 1.807) is 0 Å². The Balaban J connectivity index is 1.91. The van der Waals surface area contributed by atoms with Gasteiger partial charge in [0.15, 0.2) is 5.82 Å². The molecule has 1 atom stereocenters. The molecule has 6 heteroatoms. The van der Waals surface area contributed by atoms with Gasteiger partial charge in [-0.3, -0.25) is 5.20 Å². The van der Waals surface area contributed by atoms with Crippen molar-refractivity contribution in [3.05, 3.63) is 30.3 Å². The molecule has 0 saturated carbocycles. The van der Waals surface area contributed by atoms with E-state index in [1.165, 1.54) is 12.6 Å². The van der Waals surface area contributed by atoms with Crippen molar-refractivity contribution in [2.75, 3.05) is 11.4 Å². The summed E-state index contributed by atoms with van der Waals surface area (Å²) < 4.78 is 2.03. The summed E-state index contributed by atoms with van der Waals surface area (Å²) in [7, 11) is -0.214. The normalized spacial score (nSPS) is 17.8. The largest absolute Gasteiger partial charge is 0.290 e. The van der Waals surface area contributed by atoms with Crippen molar-refractivity contribution >= 4 is 18.7 Å². The van der Waals surface area contributed by atoms with E-state index < -0.39 is 0 Å². The highest BCUT2D eigenvalue weighted by molar-refractivity contribution is 8.56.